The fourth-order valence-electron chi connectivity index (χ4n) is 1.35. The van der Waals surface area contributed by atoms with Gasteiger partial charge in [-0.1, -0.05) is 0 Å². The Bertz CT molecular complexity index is 277. The van der Waals surface area contributed by atoms with Gasteiger partial charge in [0.1, 0.15) is 6.61 Å². The number of thioether (sulfide) groups is 1. The Kier molecular flexibility index (Phi) is 2.26. The highest BCUT2D eigenvalue weighted by molar-refractivity contribution is 8.00. The van der Waals surface area contributed by atoms with E-state index in [1.807, 2.05) is 0 Å². The monoisotopic (exact) mass is 199 g/mol. The summed E-state index contributed by atoms with van der Waals surface area (Å²) in [4.78, 5) is 22.7. The summed E-state index contributed by atoms with van der Waals surface area (Å²) in [6.45, 7) is 0.725. The summed E-state index contributed by atoms with van der Waals surface area (Å²) in [5.74, 6) is 1.00. The summed E-state index contributed by atoms with van der Waals surface area (Å²) in [5.41, 5.74) is 0.987. The maximum Gasteiger partial charge on any atom is 0.293 e. The van der Waals surface area contributed by atoms with Gasteiger partial charge in [-0.05, 0) is 5.57 Å². The molecule has 0 aromatic rings. The summed E-state index contributed by atoms with van der Waals surface area (Å²) >= 11 is 1.72. The molecule has 1 amide bonds. The van der Waals surface area contributed by atoms with Crippen LogP contribution in [0.5, 0.6) is 0 Å². The fraction of sp³-hybridized carbons (Fsp3) is 0.500. The van der Waals surface area contributed by atoms with Crippen molar-refractivity contribution in [2.45, 2.75) is 11.8 Å². The highest BCUT2D eigenvalue weighted by atomic mass is 32.2. The number of carbonyl (C=O) groups is 2. The van der Waals surface area contributed by atoms with E-state index in [2.05, 4.69) is 4.74 Å². The molecule has 0 aromatic heterocycles. The first kappa shape index (κ1) is 8.62. The predicted molar refractivity (Wildman–Crippen MR) is 47.8 cm³/mol. The van der Waals surface area contributed by atoms with Crippen molar-refractivity contribution in [2.75, 3.05) is 12.4 Å². The fourth-order valence-corrected chi connectivity index (χ4v) is 2.52. The zero-order chi connectivity index (χ0) is 9.26. The molecule has 0 aliphatic carbocycles. The lowest BCUT2D eigenvalue weighted by Crippen LogP contribution is -2.49. The third kappa shape index (κ3) is 1.56. The van der Waals surface area contributed by atoms with E-state index in [0.717, 1.165) is 11.3 Å². The zero-order valence-electron chi connectivity index (χ0n) is 6.93. The van der Waals surface area contributed by atoms with E-state index in [1.165, 1.54) is 0 Å². The topological polar surface area (TPSA) is 46.6 Å². The van der Waals surface area contributed by atoms with E-state index in [1.54, 1.807) is 22.9 Å². The van der Waals surface area contributed by atoms with Crippen molar-refractivity contribution < 1.29 is 14.3 Å². The van der Waals surface area contributed by atoms with Gasteiger partial charge in [0, 0.05) is 12.0 Å². The minimum atomic E-state index is 0.154. The Morgan fingerprint density at radius 3 is 3.31 bits per heavy atom. The minimum absolute atomic E-state index is 0.154. The van der Waals surface area contributed by atoms with Crippen LogP contribution in [0, 0.1) is 0 Å². The van der Waals surface area contributed by atoms with Gasteiger partial charge in [-0.3, -0.25) is 9.59 Å². The van der Waals surface area contributed by atoms with Crippen LogP contribution in [0.4, 0.5) is 0 Å². The van der Waals surface area contributed by atoms with Gasteiger partial charge < -0.3 is 9.64 Å². The second kappa shape index (κ2) is 3.41. The molecule has 2 aliphatic heterocycles. The van der Waals surface area contributed by atoms with Crippen molar-refractivity contribution in [3.8, 4) is 0 Å². The highest BCUT2D eigenvalue weighted by Crippen LogP contribution is 2.35. The third-order valence-electron chi connectivity index (χ3n) is 2.07. The van der Waals surface area contributed by atoms with Gasteiger partial charge in [0.2, 0.25) is 5.91 Å². The van der Waals surface area contributed by atoms with Crippen LogP contribution in [0.2, 0.25) is 0 Å². The van der Waals surface area contributed by atoms with E-state index in [0.29, 0.717) is 24.9 Å². The Morgan fingerprint density at radius 2 is 2.62 bits per heavy atom. The second-order valence-corrected chi connectivity index (χ2v) is 4.13. The van der Waals surface area contributed by atoms with E-state index in [9.17, 15) is 9.59 Å². The summed E-state index contributed by atoms with van der Waals surface area (Å²) < 4.78 is 4.62. The number of amides is 1. The molecule has 2 rings (SSSR count). The smallest absolute Gasteiger partial charge is 0.293 e. The molecule has 4 nitrogen and oxygen atoms in total. The molecule has 0 saturated carbocycles. The number of hydrogen-bond acceptors (Lipinski definition) is 4. The molecular formula is C8H9NO3S. The lowest BCUT2D eigenvalue weighted by Gasteiger charge is -2.40. The average molecular weight is 199 g/mol. The van der Waals surface area contributed by atoms with Gasteiger partial charge in [-0.25, -0.2) is 0 Å². The van der Waals surface area contributed by atoms with Crippen molar-refractivity contribution in [1.82, 2.24) is 4.90 Å². The van der Waals surface area contributed by atoms with E-state index in [4.69, 9.17) is 0 Å². The number of carbonyl (C=O) groups excluding carboxylic acids is 2. The lowest BCUT2D eigenvalue weighted by atomic mass is 10.2. The molecular weight excluding hydrogens is 190 g/mol. The standard InChI is InChI=1S/C8H9NO3S/c10-5-12-3-6-2-9-7(11)1-8(9)13-4-6/h2,5,8H,1,3-4H2/t8-/m1/s1. The molecule has 0 bridgehead atoms. The Morgan fingerprint density at radius 1 is 1.77 bits per heavy atom. The molecule has 0 spiro atoms. The van der Waals surface area contributed by atoms with Crippen LogP contribution in [-0.4, -0.2) is 35.0 Å². The molecule has 0 unspecified atom stereocenters. The molecule has 70 valence electrons. The van der Waals surface area contributed by atoms with Crippen LogP contribution in [-0.2, 0) is 14.3 Å². The predicted octanol–water partition coefficient (Wildman–Crippen LogP) is 0.349. The Hall–Kier alpha value is -0.970. The van der Waals surface area contributed by atoms with Crippen molar-refractivity contribution in [3.63, 3.8) is 0 Å². The summed E-state index contributed by atoms with van der Waals surface area (Å²) in [7, 11) is 0. The van der Waals surface area contributed by atoms with Crippen molar-refractivity contribution >= 4 is 24.1 Å². The Labute approximate surface area is 79.9 Å². The molecule has 1 fully saturated rings. The van der Waals surface area contributed by atoms with Crippen LogP contribution >= 0.6 is 11.8 Å². The molecule has 13 heavy (non-hydrogen) atoms. The number of β-lactam (4-membered cyclic amide) rings is 1. The molecule has 5 heteroatoms. The molecule has 0 radical (unpaired) electrons. The quantitative estimate of drug-likeness (QED) is 0.486. The minimum Gasteiger partial charge on any atom is -0.463 e. The highest BCUT2D eigenvalue weighted by Gasteiger charge is 2.37. The van der Waals surface area contributed by atoms with Crippen molar-refractivity contribution in [2.24, 2.45) is 0 Å². The van der Waals surface area contributed by atoms with Gasteiger partial charge in [0.25, 0.3) is 6.47 Å². The summed E-state index contributed by atoms with van der Waals surface area (Å²) in [5, 5.41) is 0.326. The second-order valence-electron chi connectivity index (χ2n) is 2.97. The third-order valence-corrected chi connectivity index (χ3v) is 3.38. The van der Waals surface area contributed by atoms with Crippen LogP contribution in [0.25, 0.3) is 0 Å². The number of ether oxygens (including phenoxy) is 1. The lowest BCUT2D eigenvalue weighted by molar-refractivity contribution is -0.137. The molecule has 0 N–H and O–H groups in total. The van der Waals surface area contributed by atoms with Gasteiger partial charge in [0.05, 0.1) is 11.8 Å². The van der Waals surface area contributed by atoms with Crippen LogP contribution in [0.15, 0.2) is 11.8 Å². The molecule has 2 aliphatic rings. The molecule has 0 aromatic carbocycles. The van der Waals surface area contributed by atoms with Gasteiger partial charge in [0.15, 0.2) is 0 Å². The maximum atomic E-state index is 11.0. The van der Waals surface area contributed by atoms with Crippen LogP contribution < -0.4 is 0 Å². The molecule has 2 heterocycles. The first-order valence-electron chi connectivity index (χ1n) is 3.99. The van der Waals surface area contributed by atoms with Gasteiger partial charge in [-0.15, -0.1) is 11.8 Å². The van der Waals surface area contributed by atoms with Crippen LogP contribution in [0.3, 0.4) is 0 Å². The van der Waals surface area contributed by atoms with E-state index in [-0.39, 0.29) is 5.91 Å². The normalized spacial score (nSPS) is 25.8. The number of fused-ring (bicyclic) bond motifs is 1. The molecule has 1 saturated heterocycles. The van der Waals surface area contributed by atoms with Crippen molar-refractivity contribution in [3.05, 3.63) is 11.8 Å². The SMILES string of the molecule is O=COCC1=CN2C(=O)C[C@H]2SC1. The number of rotatable bonds is 3. The van der Waals surface area contributed by atoms with Crippen molar-refractivity contribution in [1.29, 1.82) is 0 Å². The molecule has 1 atom stereocenters. The Balaban J connectivity index is 1.97. The average Bonchev–Trinajstić information content (AvgIpc) is 2.14. The summed E-state index contributed by atoms with van der Waals surface area (Å²) in [6.07, 6.45) is 2.44. The van der Waals surface area contributed by atoms with Crippen LogP contribution in [0.1, 0.15) is 6.42 Å². The maximum absolute atomic E-state index is 11.0. The first-order valence-corrected chi connectivity index (χ1v) is 5.03. The largest absolute Gasteiger partial charge is 0.463 e. The zero-order valence-corrected chi connectivity index (χ0v) is 7.75. The summed E-state index contributed by atoms with van der Waals surface area (Å²) in [6, 6.07) is 0. The van der Waals surface area contributed by atoms with E-state index >= 15 is 0 Å². The number of nitrogens with zero attached hydrogens (tertiary/aromatic N) is 1. The van der Waals surface area contributed by atoms with Gasteiger partial charge >= 0.3 is 0 Å². The number of hydrogen-bond donors (Lipinski definition) is 0. The van der Waals surface area contributed by atoms with E-state index < -0.39 is 0 Å². The first-order chi connectivity index (χ1) is 6.31. The van der Waals surface area contributed by atoms with Gasteiger partial charge in [-0.2, -0.15) is 0 Å².